The first-order chi connectivity index (χ1) is 38.2. The molecule has 27 nitrogen and oxygen atoms in total. The molecular formula is C52H63N25O2. The van der Waals surface area contributed by atoms with Gasteiger partial charge < -0.3 is 9.13 Å². The van der Waals surface area contributed by atoms with Gasteiger partial charge in [0.2, 0.25) is 5.91 Å². The van der Waals surface area contributed by atoms with Gasteiger partial charge in [-0.1, -0.05) is 77.2 Å². The molecule has 0 spiro atoms. The van der Waals surface area contributed by atoms with Crippen molar-refractivity contribution in [3.05, 3.63) is 177 Å². The van der Waals surface area contributed by atoms with Gasteiger partial charge in [-0.15, -0.1) is 20.4 Å². The van der Waals surface area contributed by atoms with Crippen LogP contribution in [-0.2, 0) is 58.9 Å². The molecule has 10 heterocycles. The molecule has 0 bridgehead atoms. The van der Waals surface area contributed by atoms with Gasteiger partial charge in [0.1, 0.15) is 12.9 Å². The molecule has 0 saturated carbocycles. The molecule has 0 unspecified atom stereocenters. The number of hydrogen-bond donors (Lipinski definition) is 0. The molecule has 4 aromatic carbocycles. The molecule has 2 aliphatic heterocycles. The molecule has 0 atom stereocenters. The number of hydrogen-bond acceptors (Lipinski definition) is 18. The van der Waals surface area contributed by atoms with E-state index in [1.807, 2.05) is 97.6 Å². The Kier molecular flexibility index (Phi) is 24.0. The summed E-state index contributed by atoms with van der Waals surface area (Å²) in [5.41, 5.74) is 7.00. The summed E-state index contributed by atoms with van der Waals surface area (Å²) in [6, 6.07) is 37.0. The van der Waals surface area contributed by atoms with Gasteiger partial charge in [0.25, 0.3) is 5.91 Å². The van der Waals surface area contributed by atoms with Gasteiger partial charge in [-0.25, -0.2) is 19.7 Å². The fourth-order valence-electron chi connectivity index (χ4n) is 6.34. The normalized spacial score (nSPS) is 11.5. The van der Waals surface area contributed by atoms with Crippen molar-refractivity contribution in [1.29, 1.82) is 0 Å². The zero-order valence-electron chi connectivity index (χ0n) is 45.7. The zero-order chi connectivity index (χ0) is 56.8. The van der Waals surface area contributed by atoms with Crippen LogP contribution in [0, 0.1) is 6.92 Å². The Hall–Kier alpha value is -10.6. The smallest absolute Gasteiger partial charge is 0.267 e. The lowest BCUT2D eigenvalue weighted by molar-refractivity contribution is -0.127. The van der Waals surface area contributed by atoms with Crippen molar-refractivity contribution in [2.24, 2.45) is 64.8 Å². The zero-order valence-corrected chi connectivity index (χ0v) is 45.7. The van der Waals surface area contributed by atoms with Crippen molar-refractivity contribution in [2.45, 2.75) is 13.3 Å². The maximum atomic E-state index is 10.4. The first-order valence-corrected chi connectivity index (χ1v) is 24.1. The Morgan fingerprint density at radius 2 is 1.16 bits per heavy atom. The Morgan fingerprint density at radius 1 is 0.494 bits per heavy atom. The summed E-state index contributed by atoms with van der Waals surface area (Å²) < 4.78 is 9.17. The van der Waals surface area contributed by atoms with Gasteiger partial charge in [0, 0.05) is 97.5 Å². The van der Waals surface area contributed by atoms with Crippen molar-refractivity contribution < 1.29 is 9.59 Å². The van der Waals surface area contributed by atoms with E-state index in [1.165, 1.54) is 75.2 Å². The number of pyridine rings is 1. The van der Waals surface area contributed by atoms with Crippen molar-refractivity contribution in [3.8, 4) is 0 Å². The first kappa shape index (κ1) is 59.3. The van der Waals surface area contributed by atoms with E-state index in [9.17, 15) is 9.59 Å². The molecule has 0 N–H and O–H groups in total. The number of benzene rings is 4. The molecule has 0 fully saturated rings. The van der Waals surface area contributed by atoms with Crippen LogP contribution in [0.3, 0.4) is 0 Å². The lowest BCUT2D eigenvalue weighted by Gasteiger charge is -1.98. The maximum absolute atomic E-state index is 10.4. The molecule has 408 valence electrons. The van der Waals surface area contributed by atoms with Gasteiger partial charge in [0.15, 0.2) is 6.33 Å². The number of amides is 2. The third-order valence-electron chi connectivity index (χ3n) is 10.4. The van der Waals surface area contributed by atoms with E-state index in [1.54, 1.807) is 70.9 Å². The van der Waals surface area contributed by atoms with E-state index in [0.29, 0.717) is 6.42 Å². The van der Waals surface area contributed by atoms with Gasteiger partial charge >= 0.3 is 0 Å². The highest BCUT2D eigenvalue weighted by Gasteiger charge is 2.11. The molecule has 2 aliphatic rings. The standard InChI is InChI=1S/C10H9N.C9H9N.2C8H8N2.C4H6N2O.C3H5N3O.2C3H5N3.2C2H4N4/c1-8-6-9-4-2-3-5-10(9)11-7-8;1-10-7-6-8-4-2-3-5-9(8)10;1-10-6-9-7-4-2-3-5-8(7)10;1-10-8-5-3-2-4-7(8)6-9-10;1-6-4(7)2-3-5-6;1-6-3(7)2-4-5-6;1-6-3-2-4-5-6;1-6-4-2-3-5-6;1-6-2-3-4-5-6;1-6-4-2-3-5-6/h2-7H,1H3;2-7H,1H3;2*2-6H,1H3;3H,2H2,1H3;2H2,1H3;2*2-3H,1H3;2*2H,1H3. The van der Waals surface area contributed by atoms with E-state index in [-0.39, 0.29) is 18.4 Å². The highest BCUT2D eigenvalue weighted by atomic mass is 16.2. The highest BCUT2D eigenvalue weighted by Crippen LogP contribution is 2.14. The summed E-state index contributed by atoms with van der Waals surface area (Å²) >= 11 is 0. The molecule has 12 aromatic rings. The minimum atomic E-state index is -0.0417. The minimum Gasteiger partial charge on any atom is -0.351 e. The lowest BCUT2D eigenvalue weighted by atomic mass is 10.2. The maximum Gasteiger partial charge on any atom is 0.267 e. The monoisotopic (exact) mass is 1070 g/mol. The number of aryl methyl sites for hydroxylation is 8. The summed E-state index contributed by atoms with van der Waals surface area (Å²) in [5, 5.41) is 56.2. The van der Waals surface area contributed by atoms with Crippen LogP contribution in [0.15, 0.2) is 187 Å². The second kappa shape index (κ2) is 32.0. The van der Waals surface area contributed by atoms with Crippen LogP contribution >= 0.6 is 0 Å². The van der Waals surface area contributed by atoms with Gasteiger partial charge in [-0.2, -0.15) is 35.1 Å². The van der Waals surface area contributed by atoms with E-state index < -0.39 is 0 Å². The lowest BCUT2D eigenvalue weighted by Crippen LogP contribution is -2.16. The van der Waals surface area contributed by atoms with E-state index in [2.05, 4.69) is 167 Å². The van der Waals surface area contributed by atoms with Crippen molar-refractivity contribution >= 4 is 61.8 Å². The second-order valence-corrected chi connectivity index (χ2v) is 16.6. The third kappa shape index (κ3) is 20.9. The van der Waals surface area contributed by atoms with E-state index in [4.69, 9.17) is 0 Å². The molecule has 0 radical (unpaired) electrons. The molecule has 79 heavy (non-hydrogen) atoms. The molecule has 2 amide bonds. The number of hydrazone groups is 1. The van der Waals surface area contributed by atoms with Crippen LogP contribution in [0.1, 0.15) is 12.0 Å². The predicted molar refractivity (Wildman–Crippen MR) is 299 cm³/mol. The summed E-state index contributed by atoms with van der Waals surface area (Å²) in [6.45, 7) is 2.27. The fourth-order valence-corrected chi connectivity index (χ4v) is 6.34. The number of fused-ring (bicyclic) bond motifs is 4. The number of imidazole rings is 1. The number of likely N-dealkylation sites (N-methyl/N-ethyl adjacent to an activating group) is 1. The molecule has 14 rings (SSSR count). The predicted octanol–water partition coefficient (Wildman–Crippen LogP) is 5.58. The van der Waals surface area contributed by atoms with Crippen molar-refractivity contribution in [3.63, 3.8) is 0 Å². The Labute approximate surface area is 455 Å². The van der Waals surface area contributed by atoms with Crippen molar-refractivity contribution in [1.82, 2.24) is 109 Å². The number of aromatic nitrogens is 20. The average Bonchev–Trinajstić information content (AvgIpc) is 4.34. The molecule has 27 heteroatoms. The largest absolute Gasteiger partial charge is 0.351 e. The quantitative estimate of drug-likeness (QED) is 0.179. The Balaban J connectivity index is 0.000000163. The number of carbonyl (C=O) groups is 2. The summed E-state index contributed by atoms with van der Waals surface area (Å²) in [6.07, 6.45) is 19.3. The van der Waals surface area contributed by atoms with Crippen LogP contribution < -0.4 is 0 Å². The molecule has 0 saturated heterocycles. The summed E-state index contributed by atoms with van der Waals surface area (Å²) in [5.74, 6) is 0.0278. The number of carbonyl (C=O) groups excluding carboxylic acids is 2. The summed E-state index contributed by atoms with van der Waals surface area (Å²) in [7, 11) is 16.3. The molecule has 0 aliphatic carbocycles. The molecule has 8 aromatic heterocycles. The summed E-state index contributed by atoms with van der Waals surface area (Å²) in [4.78, 5) is 32.0. The van der Waals surface area contributed by atoms with Gasteiger partial charge in [-0.3, -0.25) is 23.9 Å². The van der Waals surface area contributed by atoms with Gasteiger partial charge in [0.05, 0.1) is 66.6 Å². The van der Waals surface area contributed by atoms with E-state index in [0.717, 1.165) is 11.0 Å². The van der Waals surface area contributed by atoms with Crippen LogP contribution in [0.4, 0.5) is 0 Å². The van der Waals surface area contributed by atoms with Crippen LogP contribution in [-0.4, -0.2) is 148 Å². The number of rotatable bonds is 0. The van der Waals surface area contributed by atoms with Crippen molar-refractivity contribution in [2.75, 3.05) is 20.6 Å². The highest BCUT2D eigenvalue weighted by molar-refractivity contribution is 5.93. The third-order valence-corrected chi connectivity index (χ3v) is 10.4. The average molecular weight is 1070 g/mol. The Bertz CT molecular complexity index is 3330. The number of tetrazole rings is 2. The minimum absolute atomic E-state index is 0.0417. The van der Waals surface area contributed by atoms with Crippen LogP contribution in [0.2, 0.25) is 0 Å². The second-order valence-electron chi connectivity index (χ2n) is 16.6. The van der Waals surface area contributed by atoms with Crippen LogP contribution in [0.5, 0.6) is 0 Å². The number of nitrogens with zero attached hydrogens (tertiary/aromatic N) is 25. The SMILES string of the molecule is CN1N=CCC1=O.CN1N=NCC1=O.Cc1cnc2ccccc2c1.Cn1ccc2ccccc21.Cn1ccnn1.Cn1cnc2ccccc21.Cn1cnnn1.Cn1ncc2ccccc21.Cn1nccn1.Cn1ncnn1. The van der Waals surface area contributed by atoms with Gasteiger partial charge in [-0.05, 0) is 76.0 Å². The number of para-hydroxylation sites is 5. The first-order valence-electron chi connectivity index (χ1n) is 24.1. The topological polar surface area (TPSA) is 280 Å². The molecular weight excluding hydrogens is 1010 g/mol. The fraction of sp³-hybridized carbons (Fsp3) is 0.231. The van der Waals surface area contributed by atoms with E-state index >= 15 is 0 Å². The van der Waals surface area contributed by atoms with Crippen LogP contribution in [0.25, 0.3) is 43.7 Å². The Morgan fingerprint density at radius 3 is 1.61 bits per heavy atom.